The Balaban J connectivity index is 1.22. The molecule has 1 aliphatic carbocycles. The summed E-state index contributed by atoms with van der Waals surface area (Å²) in [5.41, 5.74) is 2.64. The number of fused-ring (bicyclic) bond motifs is 1. The lowest BCUT2D eigenvalue weighted by molar-refractivity contribution is -0.175. The summed E-state index contributed by atoms with van der Waals surface area (Å²) in [4.78, 5) is 31.0. The van der Waals surface area contributed by atoms with Crippen LogP contribution in [0.25, 0.3) is 12.2 Å². The first-order valence-corrected chi connectivity index (χ1v) is 11.4. The van der Waals surface area contributed by atoms with Crippen molar-refractivity contribution in [3.05, 3.63) is 52.2 Å². The van der Waals surface area contributed by atoms with Gasteiger partial charge in [0, 0.05) is 43.6 Å². The predicted octanol–water partition coefficient (Wildman–Crippen LogP) is 4.17. The van der Waals surface area contributed by atoms with Gasteiger partial charge in [-0.05, 0) is 66.2 Å². The van der Waals surface area contributed by atoms with Crippen LogP contribution in [0.2, 0.25) is 0 Å². The Hall–Kier alpha value is -2.94. The molecule has 2 aliphatic heterocycles. The van der Waals surface area contributed by atoms with Gasteiger partial charge in [-0.1, -0.05) is 5.57 Å². The van der Waals surface area contributed by atoms with Gasteiger partial charge in [0.25, 0.3) is 0 Å². The Morgan fingerprint density at radius 1 is 1.25 bits per heavy atom. The molecule has 2 aromatic heterocycles. The zero-order chi connectivity index (χ0) is 22.3. The van der Waals surface area contributed by atoms with Crippen LogP contribution in [-0.2, 0) is 16.0 Å². The third kappa shape index (κ3) is 4.09. The number of nitrogens with one attached hydrogen (secondary N) is 1. The lowest BCUT2D eigenvalue weighted by Gasteiger charge is -2.48. The van der Waals surface area contributed by atoms with Crippen molar-refractivity contribution >= 4 is 41.3 Å². The van der Waals surface area contributed by atoms with Gasteiger partial charge in [-0.15, -0.1) is 0 Å². The molecule has 1 saturated heterocycles. The van der Waals surface area contributed by atoms with Crippen LogP contribution in [-0.4, -0.2) is 45.1 Å². The van der Waals surface area contributed by atoms with E-state index in [4.69, 9.17) is 0 Å². The number of carbonyl (C=O) groups is 2. The molecular weight excluding hydrogens is 434 g/mol. The number of pyridine rings is 1. The highest BCUT2D eigenvalue weighted by molar-refractivity contribution is 7.03. The molecule has 3 aliphatic rings. The summed E-state index contributed by atoms with van der Waals surface area (Å²) >= 11 is 1.42. The number of carbonyl (C=O) groups excluding carboxylic acids is 2. The molecule has 1 spiro atoms. The van der Waals surface area contributed by atoms with Gasteiger partial charge in [0.05, 0.1) is 11.1 Å². The third-order valence-electron chi connectivity index (χ3n) is 6.37. The van der Waals surface area contributed by atoms with E-state index in [-0.39, 0.29) is 18.2 Å². The number of likely N-dealkylation sites (tertiary alicyclic amines) is 1. The second kappa shape index (κ2) is 7.88. The van der Waals surface area contributed by atoms with E-state index >= 15 is 0 Å². The van der Waals surface area contributed by atoms with Gasteiger partial charge in [-0.2, -0.15) is 4.37 Å². The SMILES string of the molecule is O=C(/C=C/c1cnc2c(c1)CC1(CC(F)(F)C1)C(=O)N2)N1CCC(=Cc2ccsn2)CC1. The van der Waals surface area contributed by atoms with Gasteiger partial charge < -0.3 is 10.2 Å². The first-order chi connectivity index (χ1) is 15.3. The molecule has 2 aromatic rings. The maximum atomic E-state index is 13.4. The minimum Gasteiger partial charge on any atom is -0.339 e. The van der Waals surface area contributed by atoms with Gasteiger partial charge in [0.15, 0.2) is 0 Å². The molecule has 0 aromatic carbocycles. The van der Waals surface area contributed by atoms with Crippen molar-refractivity contribution in [2.45, 2.75) is 38.0 Å². The van der Waals surface area contributed by atoms with Crippen LogP contribution in [0.4, 0.5) is 14.6 Å². The van der Waals surface area contributed by atoms with E-state index in [1.165, 1.54) is 23.2 Å². The Morgan fingerprint density at radius 2 is 2.03 bits per heavy atom. The number of halogens is 2. The fourth-order valence-corrected chi connectivity index (χ4v) is 5.21. The minimum atomic E-state index is -2.78. The fourth-order valence-electron chi connectivity index (χ4n) is 4.71. The lowest BCUT2D eigenvalue weighted by atomic mass is 9.61. The number of hydrogen-bond acceptors (Lipinski definition) is 5. The van der Waals surface area contributed by atoms with E-state index in [0.717, 1.165) is 24.1 Å². The van der Waals surface area contributed by atoms with Gasteiger partial charge in [0.1, 0.15) is 5.82 Å². The smallest absolute Gasteiger partial charge is 0.250 e. The third-order valence-corrected chi connectivity index (χ3v) is 6.94. The van der Waals surface area contributed by atoms with E-state index in [1.54, 1.807) is 12.3 Å². The minimum absolute atomic E-state index is 0.0705. The summed E-state index contributed by atoms with van der Waals surface area (Å²) in [6.07, 6.45) is 7.90. The van der Waals surface area contributed by atoms with Gasteiger partial charge >= 0.3 is 0 Å². The van der Waals surface area contributed by atoms with Crippen molar-refractivity contribution in [3.63, 3.8) is 0 Å². The van der Waals surface area contributed by atoms with E-state index in [1.807, 2.05) is 22.4 Å². The summed E-state index contributed by atoms with van der Waals surface area (Å²) in [5.74, 6) is -2.82. The van der Waals surface area contributed by atoms with Crippen molar-refractivity contribution in [2.24, 2.45) is 5.41 Å². The number of rotatable bonds is 3. The van der Waals surface area contributed by atoms with E-state index in [9.17, 15) is 18.4 Å². The number of amides is 2. The summed E-state index contributed by atoms with van der Waals surface area (Å²) in [6.45, 7) is 1.31. The molecule has 0 radical (unpaired) electrons. The number of piperidine rings is 1. The summed E-state index contributed by atoms with van der Waals surface area (Å²) in [5, 5.41) is 4.61. The highest BCUT2D eigenvalue weighted by Crippen LogP contribution is 2.56. The van der Waals surface area contributed by atoms with Gasteiger partial charge in [0.2, 0.25) is 17.7 Å². The topological polar surface area (TPSA) is 75.2 Å². The number of aromatic nitrogens is 2. The predicted molar refractivity (Wildman–Crippen MR) is 118 cm³/mol. The molecule has 0 atom stereocenters. The Labute approximate surface area is 188 Å². The van der Waals surface area contributed by atoms with Crippen molar-refractivity contribution < 1.29 is 18.4 Å². The second-order valence-corrected chi connectivity index (χ2v) is 9.45. The van der Waals surface area contributed by atoms with Crippen LogP contribution >= 0.6 is 11.5 Å². The second-order valence-electron chi connectivity index (χ2n) is 8.78. The van der Waals surface area contributed by atoms with Crippen molar-refractivity contribution in [1.82, 2.24) is 14.3 Å². The molecule has 5 rings (SSSR count). The van der Waals surface area contributed by atoms with Crippen LogP contribution in [0.3, 0.4) is 0 Å². The molecule has 0 bridgehead atoms. The van der Waals surface area contributed by atoms with Crippen LogP contribution in [0.1, 0.15) is 42.5 Å². The maximum Gasteiger partial charge on any atom is 0.250 e. The molecule has 1 N–H and O–H groups in total. The van der Waals surface area contributed by atoms with Crippen LogP contribution in [0.5, 0.6) is 0 Å². The number of hydrogen-bond donors (Lipinski definition) is 1. The van der Waals surface area contributed by atoms with Crippen LogP contribution in [0, 0.1) is 5.41 Å². The van der Waals surface area contributed by atoms with Crippen LogP contribution < -0.4 is 5.32 Å². The lowest BCUT2D eigenvalue weighted by Crippen LogP contribution is -2.56. The standard InChI is InChI=1S/C23H22F2N4O2S/c24-23(25)13-22(14-23)11-17-9-16(12-26-20(17)27-21(22)31)1-2-19(30)29-6-3-15(4-7-29)10-18-5-8-32-28-18/h1-2,5,8-10,12H,3-4,6-7,11,13-14H2,(H,26,27,31)/b2-1+. The van der Waals surface area contributed by atoms with E-state index in [2.05, 4.69) is 20.8 Å². The molecular formula is C23H22F2N4O2S. The summed E-state index contributed by atoms with van der Waals surface area (Å²) < 4.78 is 31.2. The average molecular weight is 457 g/mol. The van der Waals surface area contributed by atoms with Gasteiger partial charge in [-0.3, -0.25) is 9.59 Å². The highest BCUT2D eigenvalue weighted by Gasteiger charge is 2.61. The first-order valence-electron chi connectivity index (χ1n) is 10.6. The Morgan fingerprint density at radius 3 is 2.72 bits per heavy atom. The zero-order valence-electron chi connectivity index (χ0n) is 17.3. The van der Waals surface area contributed by atoms with Crippen molar-refractivity contribution in [3.8, 4) is 0 Å². The normalized spacial score (nSPS) is 21.2. The molecule has 2 fully saturated rings. The molecule has 9 heteroatoms. The average Bonchev–Trinajstić information content (AvgIpc) is 3.25. The van der Waals surface area contributed by atoms with Crippen molar-refractivity contribution in [2.75, 3.05) is 18.4 Å². The monoisotopic (exact) mass is 456 g/mol. The Bertz CT molecular complexity index is 1110. The number of alkyl halides is 2. The zero-order valence-corrected chi connectivity index (χ0v) is 18.1. The molecule has 1 saturated carbocycles. The maximum absolute atomic E-state index is 13.4. The fraction of sp³-hybridized carbons (Fsp3) is 0.391. The summed E-state index contributed by atoms with van der Waals surface area (Å²) in [6, 6.07) is 3.79. The van der Waals surface area contributed by atoms with Gasteiger partial charge in [-0.25, -0.2) is 13.8 Å². The molecule has 32 heavy (non-hydrogen) atoms. The van der Waals surface area contributed by atoms with Crippen LogP contribution in [0.15, 0.2) is 35.4 Å². The summed E-state index contributed by atoms with van der Waals surface area (Å²) in [7, 11) is 0. The molecule has 166 valence electrons. The van der Waals surface area contributed by atoms with E-state index in [0.29, 0.717) is 24.5 Å². The molecule has 4 heterocycles. The largest absolute Gasteiger partial charge is 0.339 e. The number of nitrogens with zero attached hydrogens (tertiary/aromatic N) is 3. The number of anilines is 1. The first kappa shape index (κ1) is 20.9. The molecule has 6 nitrogen and oxygen atoms in total. The van der Waals surface area contributed by atoms with Crippen molar-refractivity contribution in [1.29, 1.82) is 0 Å². The highest BCUT2D eigenvalue weighted by atomic mass is 32.1. The van der Waals surface area contributed by atoms with E-state index < -0.39 is 24.2 Å². The quantitative estimate of drug-likeness (QED) is 0.704. The Kier molecular flexibility index (Phi) is 5.16. The molecule has 2 amide bonds. The molecule has 0 unspecified atom stereocenters.